The van der Waals surface area contributed by atoms with Crippen LogP contribution < -0.4 is 0 Å². The second-order valence-electron chi connectivity index (χ2n) is 6.15. The Kier molecular flexibility index (Phi) is 5.64. The third-order valence-corrected chi connectivity index (χ3v) is 4.79. The summed E-state index contributed by atoms with van der Waals surface area (Å²) in [6, 6.07) is 12.2. The van der Waals surface area contributed by atoms with Crippen LogP contribution in [0.1, 0.15) is 11.1 Å². The van der Waals surface area contributed by atoms with Crippen molar-refractivity contribution in [1.82, 2.24) is 24.7 Å². The van der Waals surface area contributed by atoms with Gasteiger partial charge in [0, 0.05) is 23.7 Å². The molecule has 3 rings (SSSR count). The number of nitro groups is 1. The van der Waals surface area contributed by atoms with Crippen molar-refractivity contribution in [3.05, 3.63) is 73.5 Å². The van der Waals surface area contributed by atoms with Crippen LogP contribution in [0.4, 0.5) is 5.69 Å². The summed E-state index contributed by atoms with van der Waals surface area (Å²) in [7, 11) is 1.85. The number of para-hydroxylation sites is 1. The van der Waals surface area contributed by atoms with E-state index in [9.17, 15) is 10.1 Å². The predicted molar refractivity (Wildman–Crippen MR) is 104 cm³/mol. The first kappa shape index (κ1) is 19.2. The van der Waals surface area contributed by atoms with Crippen molar-refractivity contribution in [3.8, 4) is 5.69 Å². The van der Waals surface area contributed by atoms with Gasteiger partial charge in [0.2, 0.25) is 4.77 Å². The highest BCUT2D eigenvalue weighted by Gasteiger charge is 2.13. The lowest BCUT2D eigenvalue weighted by Crippen LogP contribution is -2.23. The van der Waals surface area contributed by atoms with Gasteiger partial charge in [-0.25, -0.2) is 4.68 Å². The first-order chi connectivity index (χ1) is 12.9. The lowest BCUT2D eigenvalue weighted by Gasteiger charge is -2.16. The predicted octanol–water partition coefficient (Wildman–Crippen LogP) is 3.76. The minimum atomic E-state index is -0.441. The SMILES string of the molecule is Cc1ccccc1-n1nnn(CN(C)Cc2cc([N+](=O)[O-])ccc2Cl)c1=S. The molecule has 140 valence electrons. The molecule has 1 heterocycles. The third-order valence-electron chi connectivity index (χ3n) is 4.04. The fourth-order valence-electron chi connectivity index (χ4n) is 2.68. The highest BCUT2D eigenvalue weighted by Crippen LogP contribution is 2.23. The molecule has 0 bridgehead atoms. The number of rotatable bonds is 6. The molecule has 1 aromatic heterocycles. The lowest BCUT2D eigenvalue weighted by atomic mass is 10.2. The molecule has 0 N–H and O–H groups in total. The Morgan fingerprint density at radius 3 is 2.70 bits per heavy atom. The number of tetrazole rings is 1. The van der Waals surface area contributed by atoms with E-state index in [1.165, 1.54) is 18.2 Å². The molecule has 0 spiro atoms. The number of nitro benzene ring substituents is 1. The Labute approximate surface area is 165 Å². The first-order valence-electron chi connectivity index (χ1n) is 8.07. The number of benzene rings is 2. The van der Waals surface area contributed by atoms with Crippen LogP contribution >= 0.6 is 23.8 Å². The molecule has 0 fully saturated rings. The molecule has 0 aliphatic carbocycles. The van der Waals surface area contributed by atoms with Crippen molar-refractivity contribution in [2.75, 3.05) is 7.05 Å². The number of nitrogens with zero attached hydrogens (tertiary/aromatic N) is 6. The van der Waals surface area contributed by atoms with Crippen LogP contribution in [0.25, 0.3) is 5.69 Å². The first-order valence-corrected chi connectivity index (χ1v) is 8.85. The molecule has 0 saturated heterocycles. The third kappa shape index (κ3) is 4.21. The van der Waals surface area contributed by atoms with Gasteiger partial charge in [-0.15, -0.1) is 0 Å². The van der Waals surface area contributed by atoms with E-state index in [2.05, 4.69) is 10.4 Å². The molecule has 0 unspecified atom stereocenters. The van der Waals surface area contributed by atoms with E-state index < -0.39 is 4.92 Å². The van der Waals surface area contributed by atoms with Crippen LogP contribution in [-0.4, -0.2) is 36.7 Å². The zero-order valence-electron chi connectivity index (χ0n) is 14.7. The molecule has 10 heteroatoms. The number of aryl methyl sites for hydroxylation is 1. The number of halogens is 1. The van der Waals surface area contributed by atoms with E-state index >= 15 is 0 Å². The second-order valence-corrected chi connectivity index (χ2v) is 6.92. The summed E-state index contributed by atoms with van der Waals surface area (Å²) < 4.78 is 3.66. The monoisotopic (exact) mass is 404 g/mol. The van der Waals surface area contributed by atoms with Crippen LogP contribution in [0.2, 0.25) is 5.02 Å². The maximum atomic E-state index is 11.0. The van der Waals surface area contributed by atoms with Gasteiger partial charge in [-0.05, 0) is 59.9 Å². The molecule has 3 aromatic rings. The van der Waals surface area contributed by atoms with Gasteiger partial charge in [0.25, 0.3) is 5.69 Å². The van der Waals surface area contributed by atoms with Crippen molar-refractivity contribution in [2.45, 2.75) is 20.1 Å². The number of aromatic nitrogens is 4. The summed E-state index contributed by atoms with van der Waals surface area (Å²) in [4.78, 5) is 12.4. The van der Waals surface area contributed by atoms with Crippen LogP contribution in [0, 0.1) is 21.8 Å². The zero-order chi connectivity index (χ0) is 19.6. The Bertz CT molecular complexity index is 1050. The number of hydrogen-bond donors (Lipinski definition) is 0. The Balaban J connectivity index is 1.79. The molecule has 27 heavy (non-hydrogen) atoms. The minimum Gasteiger partial charge on any atom is -0.283 e. The van der Waals surface area contributed by atoms with Crippen LogP contribution in [0.3, 0.4) is 0 Å². The molecule has 0 aliphatic rings. The van der Waals surface area contributed by atoms with E-state index in [1.54, 1.807) is 9.36 Å². The summed E-state index contributed by atoms with van der Waals surface area (Å²) in [5.41, 5.74) is 2.58. The molecule has 0 aliphatic heterocycles. The van der Waals surface area contributed by atoms with Crippen molar-refractivity contribution >= 4 is 29.5 Å². The maximum Gasteiger partial charge on any atom is 0.269 e. The Morgan fingerprint density at radius 2 is 2.00 bits per heavy atom. The van der Waals surface area contributed by atoms with Gasteiger partial charge < -0.3 is 0 Å². The van der Waals surface area contributed by atoms with E-state index in [0.29, 0.717) is 28.6 Å². The summed E-state index contributed by atoms with van der Waals surface area (Å²) in [6.45, 7) is 2.75. The molecular formula is C17H17ClN6O2S. The number of non-ortho nitro benzene ring substituents is 1. The average Bonchev–Trinajstić information content (AvgIpc) is 2.97. The van der Waals surface area contributed by atoms with Crippen LogP contribution in [0.15, 0.2) is 42.5 Å². The highest BCUT2D eigenvalue weighted by atomic mass is 35.5. The Hall–Kier alpha value is -2.62. The highest BCUT2D eigenvalue weighted by molar-refractivity contribution is 7.71. The molecule has 0 radical (unpaired) electrons. The van der Waals surface area contributed by atoms with Crippen molar-refractivity contribution in [2.24, 2.45) is 0 Å². The van der Waals surface area contributed by atoms with Crippen LogP contribution in [0.5, 0.6) is 0 Å². The topological polar surface area (TPSA) is 82.0 Å². The summed E-state index contributed by atoms with van der Waals surface area (Å²) >= 11 is 11.7. The van der Waals surface area contributed by atoms with Crippen molar-refractivity contribution in [3.63, 3.8) is 0 Å². The quantitative estimate of drug-likeness (QED) is 0.353. The summed E-state index contributed by atoms with van der Waals surface area (Å²) in [5, 5.41) is 19.7. The van der Waals surface area contributed by atoms with Gasteiger partial charge in [0.05, 0.1) is 17.3 Å². The molecule has 2 aromatic carbocycles. The molecule has 8 nitrogen and oxygen atoms in total. The number of hydrogen-bond acceptors (Lipinski definition) is 6. The maximum absolute atomic E-state index is 11.0. The fourth-order valence-corrected chi connectivity index (χ4v) is 3.09. The van der Waals surface area contributed by atoms with Gasteiger partial charge in [-0.3, -0.25) is 15.0 Å². The summed E-state index contributed by atoms with van der Waals surface area (Å²) in [6.07, 6.45) is 0. The second kappa shape index (κ2) is 7.95. The summed E-state index contributed by atoms with van der Waals surface area (Å²) in [5.74, 6) is 0. The standard InChI is InChI=1S/C17H17ClN6O2S/c1-12-5-3-4-6-16(12)23-17(27)22(19-20-23)11-21(2)10-13-9-14(24(25)26)7-8-15(13)18/h3-9H,10-11H2,1-2H3. The van der Waals surface area contributed by atoms with E-state index in [4.69, 9.17) is 23.8 Å². The smallest absolute Gasteiger partial charge is 0.269 e. The minimum absolute atomic E-state index is 0.00455. The van der Waals surface area contributed by atoms with E-state index in [1.807, 2.05) is 43.1 Å². The Morgan fingerprint density at radius 1 is 1.26 bits per heavy atom. The van der Waals surface area contributed by atoms with E-state index in [0.717, 1.165) is 11.3 Å². The average molecular weight is 405 g/mol. The molecule has 0 amide bonds. The van der Waals surface area contributed by atoms with Gasteiger partial charge in [0.1, 0.15) is 0 Å². The van der Waals surface area contributed by atoms with E-state index in [-0.39, 0.29) is 5.69 Å². The van der Waals surface area contributed by atoms with Gasteiger partial charge >= 0.3 is 0 Å². The van der Waals surface area contributed by atoms with Crippen LogP contribution in [-0.2, 0) is 13.2 Å². The normalized spacial score (nSPS) is 11.1. The fraction of sp³-hybridized carbons (Fsp3) is 0.235. The largest absolute Gasteiger partial charge is 0.283 e. The zero-order valence-corrected chi connectivity index (χ0v) is 16.3. The van der Waals surface area contributed by atoms with Crippen molar-refractivity contribution in [1.29, 1.82) is 0 Å². The van der Waals surface area contributed by atoms with Gasteiger partial charge in [-0.1, -0.05) is 29.8 Å². The lowest BCUT2D eigenvalue weighted by molar-refractivity contribution is -0.384. The van der Waals surface area contributed by atoms with Gasteiger partial charge in [0.15, 0.2) is 0 Å². The van der Waals surface area contributed by atoms with Gasteiger partial charge in [-0.2, -0.15) is 4.68 Å². The van der Waals surface area contributed by atoms with Crippen molar-refractivity contribution < 1.29 is 4.92 Å². The molecule has 0 saturated carbocycles. The molecular weight excluding hydrogens is 388 g/mol. The molecule has 0 atom stereocenters.